The molecular weight excluding hydrogens is 1560 g/mol. The van der Waals surface area contributed by atoms with Gasteiger partial charge in [-0.15, -0.1) is 0 Å². The summed E-state index contributed by atoms with van der Waals surface area (Å²) in [6, 6.07) is 38.1. The van der Waals surface area contributed by atoms with E-state index in [0.29, 0.717) is 116 Å². The zero-order valence-electron chi connectivity index (χ0n) is 56.7. The quantitative estimate of drug-likeness (QED) is 0.0977. The predicted octanol–water partition coefficient (Wildman–Crippen LogP) is 15.6. The fourth-order valence-electron chi connectivity index (χ4n) is 13.0. The molecular formula is C76H65Cl6F3N12O7S3. The molecule has 2 atom stereocenters. The molecule has 31 heteroatoms. The number of sulfone groups is 1. The molecule has 19 nitrogen and oxygen atoms in total. The van der Waals surface area contributed by atoms with Crippen molar-refractivity contribution in [2.75, 3.05) is 43.4 Å². The monoisotopic (exact) mass is 1620 g/mol. The van der Waals surface area contributed by atoms with Crippen molar-refractivity contribution in [1.29, 1.82) is 0 Å². The van der Waals surface area contributed by atoms with Gasteiger partial charge in [0.1, 0.15) is 17.5 Å². The Hall–Kier alpha value is -8.57. The first-order chi connectivity index (χ1) is 51.5. The zero-order chi connectivity index (χ0) is 75.2. The van der Waals surface area contributed by atoms with Gasteiger partial charge in [0.25, 0.3) is 17.7 Å². The fraction of sp³-hybridized carbons (Fsp3) is 0.224. The lowest BCUT2D eigenvalue weighted by Gasteiger charge is -2.26. The standard InChI is InChI=1S/C26H19Cl2FN4O2S.C25H23Cl2FN4O3S.C25H23Cl2FN4O2S/c27-18-6-9-23(22(28)12-18)33-25-17(11-16-4-7-19(29)8-5-16)14-36(35)15-21(25)24(32-33)26(34)31-13-20-3-1-2-10-30-20;26-18-6-9-22(21(27)13-18)32-24-17(12-16-4-7-19(28)8-5-16)14-36(34,35)15-20(24)23(29-32)25(33)30-31-10-2-1-3-11-31;26-18-6-9-22(21(27)13-18)32-24-17(12-16-4-7-19(28)8-5-16)14-35(34)15-20(24)23(29-32)25(33)30-31-10-2-1-3-11-31/h1-12H,13-15H2,(H,31,34);4-9,12-13H,1-3,10-11,14-15H2,(H,30,33);4-9,12-13H,1-3,10-11,14-15H2,(H,30,33)/b17-11+;2*17-12+. The van der Waals surface area contributed by atoms with E-state index < -0.39 is 49.1 Å². The Bertz CT molecular complexity index is 5340. The zero-order valence-corrected chi connectivity index (χ0v) is 63.7. The number of carbonyl (C=O) groups excluding carboxylic acids is 3. The van der Waals surface area contributed by atoms with Gasteiger partial charge in [-0.1, -0.05) is 125 Å². The van der Waals surface area contributed by atoms with Gasteiger partial charge in [-0.3, -0.25) is 38.6 Å². The smallest absolute Gasteiger partial charge is 0.286 e. The van der Waals surface area contributed by atoms with Crippen molar-refractivity contribution in [3.05, 3.63) is 273 Å². The van der Waals surface area contributed by atoms with E-state index >= 15 is 0 Å². The molecule has 4 aromatic heterocycles. The highest BCUT2D eigenvalue weighted by molar-refractivity contribution is 7.91. The van der Waals surface area contributed by atoms with Gasteiger partial charge < -0.3 is 5.32 Å². The van der Waals surface area contributed by atoms with E-state index in [1.54, 1.807) is 125 Å². The molecule has 0 radical (unpaired) electrons. The summed E-state index contributed by atoms with van der Waals surface area (Å²) >= 11 is 37.9. The van der Waals surface area contributed by atoms with Crippen LogP contribution in [0.15, 0.2) is 152 Å². The summed E-state index contributed by atoms with van der Waals surface area (Å²) in [6.45, 7) is 3.19. The van der Waals surface area contributed by atoms with Gasteiger partial charge in [0.2, 0.25) is 0 Å². The van der Waals surface area contributed by atoms with Crippen molar-refractivity contribution in [2.24, 2.45) is 0 Å². The molecule has 2 fully saturated rings. The summed E-state index contributed by atoms with van der Waals surface area (Å²) < 4.78 is 96.8. The van der Waals surface area contributed by atoms with E-state index in [1.165, 1.54) is 41.1 Å². The number of nitrogens with one attached hydrogen (secondary N) is 3. The van der Waals surface area contributed by atoms with Gasteiger partial charge >= 0.3 is 0 Å². The van der Waals surface area contributed by atoms with Crippen LogP contribution in [0.4, 0.5) is 13.2 Å². The second kappa shape index (κ2) is 33.9. The first-order valence-electron chi connectivity index (χ1n) is 33.8. The van der Waals surface area contributed by atoms with E-state index in [2.05, 4.69) is 36.4 Å². The van der Waals surface area contributed by atoms with Crippen LogP contribution >= 0.6 is 69.6 Å². The lowest BCUT2D eigenvalue weighted by atomic mass is 10.0. The molecule has 3 amide bonds. The average molecular weight is 1620 g/mol. The Morgan fingerprint density at radius 3 is 1.21 bits per heavy atom. The van der Waals surface area contributed by atoms with Crippen LogP contribution in [0.5, 0.6) is 0 Å². The topological polar surface area (TPSA) is 228 Å². The second-order valence-electron chi connectivity index (χ2n) is 25.7. The number of rotatable bonds is 13. The molecule has 0 aliphatic carbocycles. The number of fused-ring (bicyclic) bond motifs is 3. The third-order valence-electron chi connectivity index (χ3n) is 17.9. The van der Waals surface area contributed by atoms with Crippen molar-refractivity contribution < 1.29 is 44.4 Å². The van der Waals surface area contributed by atoms with Crippen LogP contribution in [-0.4, -0.2) is 122 Å². The minimum absolute atomic E-state index is 0.0230. The highest BCUT2D eigenvalue weighted by Gasteiger charge is 2.38. The minimum Gasteiger partial charge on any atom is -0.345 e. The minimum atomic E-state index is -3.59. The summed E-state index contributed by atoms with van der Waals surface area (Å²) in [7, 11) is -6.10. The fourth-order valence-corrected chi connectivity index (χ4v) is 18.5. The number of hydrogen-bond acceptors (Lipinski definition) is 13. The van der Waals surface area contributed by atoms with Crippen molar-refractivity contribution in [1.82, 2.24) is 60.5 Å². The van der Waals surface area contributed by atoms with Crippen LogP contribution in [-0.2, 0) is 55.2 Å². The van der Waals surface area contributed by atoms with Gasteiger partial charge in [0, 0.05) is 85.7 Å². The number of nitrogens with zero attached hydrogens (tertiary/aromatic N) is 9. The van der Waals surface area contributed by atoms with Gasteiger partial charge in [0.15, 0.2) is 26.9 Å². The molecule has 5 aliphatic heterocycles. The summed E-state index contributed by atoms with van der Waals surface area (Å²) in [5, 5.41) is 22.8. The van der Waals surface area contributed by atoms with E-state index in [9.17, 15) is 44.4 Å². The maximum atomic E-state index is 13.5. The number of hydrogen-bond donors (Lipinski definition) is 3. The number of piperidine rings is 2. The maximum Gasteiger partial charge on any atom is 0.286 e. The molecule has 0 bridgehead atoms. The van der Waals surface area contributed by atoms with Crippen molar-refractivity contribution in [2.45, 2.75) is 62.3 Å². The lowest BCUT2D eigenvalue weighted by Crippen LogP contribution is -2.45. The first kappa shape index (κ1) is 76.6. The second-order valence-corrected chi connectivity index (χ2v) is 33.2. The molecule has 6 aromatic carbocycles. The van der Waals surface area contributed by atoms with Gasteiger partial charge in [-0.05, 0) is 180 Å². The van der Waals surface area contributed by atoms with Gasteiger partial charge in [-0.2, -0.15) is 15.3 Å². The molecule has 0 spiro atoms. The Kier molecular flexibility index (Phi) is 24.3. The molecule has 10 aromatic rings. The third kappa shape index (κ3) is 18.4. The average Bonchev–Trinajstić information content (AvgIpc) is 1.62. The Labute approximate surface area is 649 Å². The number of carbonyl (C=O) groups is 3. The van der Waals surface area contributed by atoms with Gasteiger partial charge in [0.05, 0.1) is 96.0 Å². The van der Waals surface area contributed by atoms with Crippen molar-refractivity contribution >= 4 is 154 Å². The van der Waals surface area contributed by atoms with Crippen LogP contribution in [0.3, 0.4) is 0 Å². The largest absolute Gasteiger partial charge is 0.345 e. The highest BCUT2D eigenvalue weighted by atomic mass is 35.5. The number of benzene rings is 6. The Morgan fingerprint density at radius 1 is 0.449 bits per heavy atom. The normalized spacial score (nSPS) is 18.1. The number of pyridine rings is 1. The molecule has 5 aliphatic rings. The number of aromatic nitrogens is 7. The summed E-state index contributed by atoms with van der Waals surface area (Å²) in [6.07, 6.45) is 13.2. The molecule has 15 rings (SSSR count). The molecule has 9 heterocycles. The molecule has 3 N–H and O–H groups in total. The van der Waals surface area contributed by atoms with Crippen LogP contribution in [0, 0.1) is 17.5 Å². The first-order valence-corrected chi connectivity index (χ1v) is 40.9. The highest BCUT2D eigenvalue weighted by Crippen LogP contribution is 2.40. The number of amides is 3. The molecule has 0 saturated carbocycles. The van der Waals surface area contributed by atoms with E-state index in [0.717, 1.165) is 68.3 Å². The third-order valence-corrected chi connectivity index (χ3v) is 23.5. The maximum absolute atomic E-state index is 13.5. The van der Waals surface area contributed by atoms with E-state index in [-0.39, 0.29) is 75.7 Å². The summed E-state index contributed by atoms with van der Waals surface area (Å²) in [5.74, 6) is -2.04. The number of hydrazine groups is 2. The van der Waals surface area contributed by atoms with Crippen molar-refractivity contribution in [3.63, 3.8) is 0 Å². The predicted molar refractivity (Wildman–Crippen MR) is 416 cm³/mol. The van der Waals surface area contributed by atoms with E-state index in [1.807, 2.05) is 28.2 Å². The van der Waals surface area contributed by atoms with Crippen LogP contribution in [0.2, 0.25) is 30.1 Å². The molecule has 2 unspecified atom stereocenters. The van der Waals surface area contributed by atoms with E-state index in [4.69, 9.17) is 69.6 Å². The Balaban J connectivity index is 0.000000142. The lowest BCUT2D eigenvalue weighted by molar-refractivity contribution is 0.0736. The SMILES string of the molecule is O=C(NCc1ccccn1)c1nn(-c2ccc(Cl)cc2Cl)c2c1CS(=O)C/C2=C\c1ccc(F)cc1.O=C(NN1CCCCC1)c1nn(-c2ccc(Cl)cc2Cl)c2c1CS(=O)(=O)C/C2=C\c1ccc(F)cc1.O=C(NN1CCCCC1)c1nn(-c2ccc(Cl)cc2Cl)c2c1CS(=O)C/C2=C\c1ccc(F)cc1. The summed E-state index contributed by atoms with van der Waals surface area (Å²) in [5.41, 5.74) is 15.7. The molecule has 2 saturated heterocycles. The Morgan fingerprint density at radius 2 is 0.822 bits per heavy atom. The van der Waals surface area contributed by atoms with Gasteiger partial charge in [-0.25, -0.2) is 45.7 Å². The van der Waals surface area contributed by atoms with Crippen LogP contribution < -0.4 is 16.2 Å². The molecule has 107 heavy (non-hydrogen) atoms. The van der Waals surface area contributed by atoms with Crippen LogP contribution in [0.25, 0.3) is 52.0 Å². The van der Waals surface area contributed by atoms with Crippen LogP contribution in [0.1, 0.15) is 126 Å². The van der Waals surface area contributed by atoms with Crippen molar-refractivity contribution in [3.8, 4) is 17.1 Å². The molecule has 552 valence electrons. The summed E-state index contributed by atoms with van der Waals surface area (Å²) in [4.78, 5) is 44.2. The number of halogens is 9.